The van der Waals surface area contributed by atoms with Gasteiger partial charge in [-0.2, -0.15) is 4.37 Å². The molecule has 0 radical (unpaired) electrons. The van der Waals surface area contributed by atoms with E-state index < -0.39 is 0 Å². The van der Waals surface area contributed by atoms with Gasteiger partial charge in [0.05, 0.1) is 12.7 Å². The highest BCUT2D eigenvalue weighted by molar-refractivity contribution is 7.13. The maximum absolute atomic E-state index is 13.6. The van der Waals surface area contributed by atoms with Gasteiger partial charge in [-0.25, -0.2) is 4.98 Å². The first-order chi connectivity index (χ1) is 14.5. The molecule has 0 unspecified atom stereocenters. The molecule has 2 heterocycles. The average molecular weight is 420 g/mol. The van der Waals surface area contributed by atoms with Gasteiger partial charge in [0.2, 0.25) is 0 Å². The Morgan fingerprint density at radius 2 is 1.83 bits per heavy atom. The number of methoxy groups -OCH3 is 1. The third-order valence-corrected chi connectivity index (χ3v) is 5.78. The Labute approximate surface area is 178 Å². The zero-order chi connectivity index (χ0) is 21.3. The number of ketones is 1. The Morgan fingerprint density at radius 1 is 1.13 bits per heavy atom. The summed E-state index contributed by atoms with van der Waals surface area (Å²) < 4.78 is 11.4. The third-order valence-electron chi connectivity index (χ3n) is 5.04. The van der Waals surface area contributed by atoms with E-state index in [1.54, 1.807) is 11.7 Å². The molecule has 6 nitrogen and oxygen atoms in total. The lowest BCUT2D eigenvalue weighted by Gasteiger charge is -2.20. The summed E-state index contributed by atoms with van der Waals surface area (Å²) in [6.45, 7) is 3.40. The fraction of sp³-hybridized carbons (Fsp3) is 0.217. The van der Waals surface area contributed by atoms with Crippen LogP contribution in [-0.4, -0.2) is 26.8 Å². The minimum absolute atomic E-state index is 0.180. The molecule has 0 amide bonds. The second kappa shape index (κ2) is 8.20. The Kier molecular flexibility index (Phi) is 5.46. The summed E-state index contributed by atoms with van der Waals surface area (Å²) in [6, 6.07) is 17.3. The molecule has 30 heavy (non-hydrogen) atoms. The maximum atomic E-state index is 13.6. The van der Waals surface area contributed by atoms with E-state index in [1.165, 1.54) is 6.92 Å². The molecule has 0 fully saturated rings. The predicted molar refractivity (Wildman–Crippen MR) is 119 cm³/mol. The molecule has 0 spiro atoms. The number of fused-ring (bicyclic) bond motifs is 1. The second-order valence-electron chi connectivity index (χ2n) is 7.12. The number of nitrogens with zero attached hydrogens (tertiary/aromatic N) is 3. The highest BCUT2D eigenvalue weighted by atomic mass is 32.1. The van der Waals surface area contributed by atoms with E-state index in [9.17, 15) is 9.59 Å². The first kappa shape index (κ1) is 20.0. The zero-order valence-corrected chi connectivity index (χ0v) is 17.8. The topological polar surface area (TPSA) is 74.1 Å². The molecule has 0 aliphatic carbocycles. The lowest BCUT2D eigenvalue weighted by molar-refractivity contribution is 0.101. The van der Waals surface area contributed by atoms with Gasteiger partial charge in [0, 0.05) is 13.0 Å². The monoisotopic (exact) mass is 419 g/mol. The number of carbonyl (C=O) groups excluding carboxylic acids is 1. The van der Waals surface area contributed by atoms with Crippen molar-refractivity contribution in [3.05, 3.63) is 76.2 Å². The number of benzene rings is 2. The summed E-state index contributed by atoms with van der Waals surface area (Å²) in [5.74, 6) is 0.889. The molecule has 0 saturated heterocycles. The number of rotatable bonds is 6. The lowest BCUT2D eigenvalue weighted by atomic mass is 10.1. The molecule has 2 aromatic carbocycles. The van der Waals surface area contributed by atoms with Crippen LogP contribution in [0.4, 0.5) is 0 Å². The summed E-state index contributed by atoms with van der Waals surface area (Å²) in [7, 11) is 1.59. The number of hydrogen-bond donors (Lipinski definition) is 0. The van der Waals surface area contributed by atoms with E-state index in [1.807, 2.05) is 61.5 Å². The van der Waals surface area contributed by atoms with Crippen molar-refractivity contribution in [2.75, 3.05) is 7.11 Å². The van der Waals surface area contributed by atoms with Crippen LogP contribution in [0.2, 0.25) is 0 Å². The Bertz CT molecular complexity index is 1280. The van der Waals surface area contributed by atoms with Crippen LogP contribution < -0.4 is 10.3 Å². The van der Waals surface area contributed by atoms with Crippen molar-refractivity contribution in [3.8, 4) is 17.1 Å². The molecule has 152 valence electrons. The highest BCUT2D eigenvalue weighted by Crippen LogP contribution is 2.32. The van der Waals surface area contributed by atoms with Gasteiger partial charge in [0.15, 0.2) is 10.6 Å². The zero-order valence-electron chi connectivity index (χ0n) is 17.0. The van der Waals surface area contributed by atoms with Crippen molar-refractivity contribution in [3.63, 3.8) is 0 Å². The van der Waals surface area contributed by atoms with Gasteiger partial charge in [0.1, 0.15) is 22.7 Å². The number of carbonyl (C=O) groups is 1. The number of para-hydroxylation sites is 1. The van der Waals surface area contributed by atoms with E-state index in [-0.39, 0.29) is 28.5 Å². The van der Waals surface area contributed by atoms with E-state index in [0.717, 1.165) is 22.7 Å². The second-order valence-corrected chi connectivity index (χ2v) is 7.87. The Hall–Kier alpha value is -3.32. The quantitative estimate of drug-likeness (QED) is 0.429. The molecule has 4 rings (SSSR count). The molecular formula is C23H21N3O3S. The van der Waals surface area contributed by atoms with Crippen molar-refractivity contribution in [1.29, 1.82) is 0 Å². The summed E-state index contributed by atoms with van der Waals surface area (Å²) in [6.07, 6.45) is 0.642. The molecule has 0 bridgehead atoms. The number of hydrogen-bond acceptors (Lipinski definition) is 6. The summed E-state index contributed by atoms with van der Waals surface area (Å²) >= 11 is 1.07. The van der Waals surface area contributed by atoms with Gasteiger partial charge < -0.3 is 4.74 Å². The number of ether oxygens (including phenoxy) is 1. The number of Topliss-reactive ketones (excluding diaryl/α,β-unsaturated/α-hetero) is 1. The van der Waals surface area contributed by atoms with Crippen molar-refractivity contribution < 1.29 is 9.53 Å². The van der Waals surface area contributed by atoms with E-state index in [2.05, 4.69) is 4.37 Å². The van der Waals surface area contributed by atoms with Crippen molar-refractivity contribution in [1.82, 2.24) is 13.9 Å². The molecule has 4 aromatic rings. The fourth-order valence-electron chi connectivity index (χ4n) is 3.63. The van der Waals surface area contributed by atoms with Crippen LogP contribution in [0.25, 0.3) is 21.6 Å². The fourth-order valence-corrected chi connectivity index (χ4v) is 4.43. The predicted octanol–water partition coefficient (Wildman–Crippen LogP) is 4.53. The smallest absolute Gasteiger partial charge is 0.265 e. The van der Waals surface area contributed by atoms with Crippen LogP contribution >= 0.6 is 11.5 Å². The standard InChI is InChI=1S/C23H21N3O3S/c1-14(13-16-9-5-4-6-10-16)26-21(17-11-7-8-12-18(17)29-3)24-22-19(23(26)28)20(15(2)27)25-30-22/h4-12,14H,13H2,1-3H3/t14-/m1/s1. The first-order valence-corrected chi connectivity index (χ1v) is 10.4. The number of aromatic nitrogens is 3. The van der Waals surface area contributed by atoms with Gasteiger partial charge in [-0.3, -0.25) is 14.2 Å². The van der Waals surface area contributed by atoms with Crippen LogP contribution in [-0.2, 0) is 6.42 Å². The van der Waals surface area contributed by atoms with Gasteiger partial charge in [-0.05, 0) is 42.6 Å². The normalized spacial score (nSPS) is 12.1. The molecule has 1 atom stereocenters. The van der Waals surface area contributed by atoms with E-state index >= 15 is 0 Å². The third kappa shape index (κ3) is 3.52. The average Bonchev–Trinajstić information content (AvgIpc) is 3.19. The molecule has 0 aliphatic heterocycles. The summed E-state index contributed by atoms with van der Waals surface area (Å²) in [4.78, 5) is 30.9. The molecule has 0 saturated carbocycles. The molecule has 7 heteroatoms. The van der Waals surface area contributed by atoms with Gasteiger partial charge in [0.25, 0.3) is 5.56 Å². The first-order valence-electron chi connectivity index (χ1n) is 9.61. The maximum Gasteiger partial charge on any atom is 0.265 e. The SMILES string of the molecule is COc1ccccc1-c1nc2snc(C(C)=O)c2c(=O)n1[C@H](C)Cc1ccccc1. The van der Waals surface area contributed by atoms with Crippen LogP contribution in [0.1, 0.15) is 35.9 Å². The highest BCUT2D eigenvalue weighted by Gasteiger charge is 2.24. The van der Waals surface area contributed by atoms with Crippen molar-refractivity contribution in [2.24, 2.45) is 0 Å². The minimum Gasteiger partial charge on any atom is -0.496 e. The molecule has 2 aromatic heterocycles. The van der Waals surface area contributed by atoms with Crippen molar-refractivity contribution in [2.45, 2.75) is 26.3 Å². The summed E-state index contributed by atoms with van der Waals surface area (Å²) in [5.41, 5.74) is 1.75. The molecule has 0 N–H and O–H groups in total. The van der Waals surface area contributed by atoms with Crippen LogP contribution in [0.5, 0.6) is 5.75 Å². The van der Waals surface area contributed by atoms with Gasteiger partial charge in [-0.15, -0.1) is 0 Å². The molecular weight excluding hydrogens is 398 g/mol. The van der Waals surface area contributed by atoms with Crippen LogP contribution in [0.3, 0.4) is 0 Å². The van der Waals surface area contributed by atoms with Crippen LogP contribution in [0, 0.1) is 0 Å². The van der Waals surface area contributed by atoms with E-state index in [0.29, 0.717) is 22.8 Å². The van der Waals surface area contributed by atoms with Crippen LogP contribution in [0.15, 0.2) is 59.4 Å². The lowest BCUT2D eigenvalue weighted by Crippen LogP contribution is -2.28. The van der Waals surface area contributed by atoms with E-state index in [4.69, 9.17) is 9.72 Å². The molecule has 0 aliphatic rings. The summed E-state index contributed by atoms with van der Waals surface area (Å²) in [5, 5.41) is 0.283. The van der Waals surface area contributed by atoms with Gasteiger partial charge in [-0.1, -0.05) is 42.5 Å². The Morgan fingerprint density at radius 3 is 2.53 bits per heavy atom. The largest absolute Gasteiger partial charge is 0.496 e. The van der Waals surface area contributed by atoms with Gasteiger partial charge >= 0.3 is 0 Å². The Balaban J connectivity index is 1.99. The minimum atomic E-state index is -0.261. The van der Waals surface area contributed by atoms with Crippen molar-refractivity contribution >= 4 is 27.5 Å².